The van der Waals surface area contributed by atoms with E-state index in [4.69, 9.17) is 9.47 Å². The van der Waals surface area contributed by atoms with Gasteiger partial charge in [0.05, 0.1) is 30.0 Å². The Morgan fingerprint density at radius 3 is 2.32 bits per heavy atom. The molecule has 0 saturated carbocycles. The lowest BCUT2D eigenvalue weighted by atomic mass is 9.72. The van der Waals surface area contributed by atoms with Crippen molar-refractivity contribution in [3.8, 4) is 5.75 Å². The molecule has 0 N–H and O–H groups in total. The minimum atomic E-state index is -4.76. The molecule has 2 aromatic carbocycles. The summed E-state index contributed by atoms with van der Waals surface area (Å²) in [4.78, 5) is 27.7. The number of rotatable bonds is 6. The number of ether oxygens (including phenoxy) is 2. The van der Waals surface area contributed by atoms with Gasteiger partial charge in [-0.25, -0.2) is 4.79 Å². The molecular weight excluding hydrogens is 590 g/mol. The number of benzene rings is 2. The van der Waals surface area contributed by atoms with E-state index in [1.54, 1.807) is 13.0 Å². The van der Waals surface area contributed by atoms with E-state index in [9.17, 15) is 35.9 Å². The molecule has 0 aromatic heterocycles. The van der Waals surface area contributed by atoms with Crippen molar-refractivity contribution in [3.63, 3.8) is 0 Å². The van der Waals surface area contributed by atoms with Gasteiger partial charge >= 0.3 is 18.4 Å². The second-order valence-electron chi connectivity index (χ2n) is 12.4. The zero-order valence-corrected chi connectivity index (χ0v) is 25.7. The van der Waals surface area contributed by atoms with Crippen molar-refractivity contribution >= 4 is 23.3 Å². The molecule has 2 aliphatic rings. The van der Waals surface area contributed by atoms with Crippen LogP contribution in [0.4, 0.5) is 36.8 Å². The summed E-state index contributed by atoms with van der Waals surface area (Å²) in [6, 6.07) is 5.11. The molecule has 1 aliphatic heterocycles. The summed E-state index contributed by atoms with van der Waals surface area (Å²) in [5.41, 5.74) is 0.0228. The highest BCUT2D eigenvalue weighted by Gasteiger charge is 2.43. The second kappa shape index (κ2) is 11.7. The van der Waals surface area contributed by atoms with Crippen molar-refractivity contribution in [2.45, 2.75) is 78.4 Å². The maximum Gasteiger partial charge on any atom is 0.418 e. The van der Waals surface area contributed by atoms with Crippen LogP contribution in [0.1, 0.15) is 80.9 Å². The van der Waals surface area contributed by atoms with Crippen LogP contribution in [0.5, 0.6) is 5.75 Å². The maximum absolute atomic E-state index is 14.1. The maximum atomic E-state index is 14.1. The lowest BCUT2D eigenvalue weighted by Gasteiger charge is -2.36. The number of hydrogen-bond donors (Lipinski definition) is 0. The Hall–Kier alpha value is -3.70. The molecule has 240 valence electrons. The minimum Gasteiger partial charge on any atom is -0.496 e. The van der Waals surface area contributed by atoms with Gasteiger partial charge in [0, 0.05) is 26.1 Å². The van der Waals surface area contributed by atoms with Crippen molar-refractivity contribution in [1.82, 2.24) is 4.90 Å². The van der Waals surface area contributed by atoms with Crippen LogP contribution in [0.15, 0.2) is 35.9 Å². The molecule has 2 atom stereocenters. The number of methoxy groups -OCH3 is 1. The number of nitrogens with zero attached hydrogens (tertiary/aromatic N) is 2. The molecule has 6 nitrogen and oxygen atoms in total. The predicted octanol–water partition coefficient (Wildman–Crippen LogP) is 8.57. The highest BCUT2D eigenvalue weighted by atomic mass is 19.4. The molecule has 4 rings (SSSR count). The fourth-order valence-corrected chi connectivity index (χ4v) is 6.04. The Bertz CT molecular complexity index is 1490. The number of allylic oxidation sites excluding steroid dienone is 1. The molecule has 1 aliphatic carbocycles. The molecular formula is C32H36F6N2O4. The fraction of sp³-hybridized carbons (Fsp3) is 0.500. The van der Waals surface area contributed by atoms with Gasteiger partial charge in [-0.3, -0.25) is 9.69 Å². The van der Waals surface area contributed by atoms with Crippen molar-refractivity contribution in [2.24, 2.45) is 5.41 Å². The van der Waals surface area contributed by atoms with E-state index < -0.39 is 47.6 Å². The second-order valence-corrected chi connectivity index (χ2v) is 12.4. The number of carbonyl (C=O) groups is 2. The monoisotopic (exact) mass is 626 g/mol. The molecule has 0 bridgehead atoms. The normalized spacial score (nSPS) is 20.6. The first-order valence-corrected chi connectivity index (χ1v) is 14.1. The first-order chi connectivity index (χ1) is 20.2. The van der Waals surface area contributed by atoms with Crippen LogP contribution < -0.4 is 9.64 Å². The topological polar surface area (TPSA) is 59.1 Å². The van der Waals surface area contributed by atoms with Gasteiger partial charge in [0.25, 0.3) is 0 Å². The van der Waals surface area contributed by atoms with E-state index in [0.717, 1.165) is 28.7 Å². The van der Waals surface area contributed by atoms with Crippen molar-refractivity contribution in [3.05, 3.63) is 63.7 Å². The average molecular weight is 627 g/mol. The SMILES string of the molecule is COc1cc(C(F)(F)F)c(N(C)C(C)=O)cc1C1=C(CN2C(=O)O[C@H](c3cc(C)cc(C(F)(F)F)c3)[C@@H]2C)CC(C)(C)CC1. The standard InChI is InChI=1S/C32H36F6N2O4/c1-17-10-20(12-22(11-17)31(33,34)35)28-18(2)40(29(42)44-28)16-21-15-30(4,5)9-8-23(21)24-13-26(39(6)19(3)41)25(32(36,37)38)14-27(24)43-7/h10-14,18,28H,8-9,15-16H2,1-7H3/t18-,28-/m0/s1. The van der Waals surface area contributed by atoms with Crippen LogP contribution in [-0.4, -0.2) is 43.6 Å². The number of anilines is 1. The third kappa shape index (κ3) is 6.68. The fourth-order valence-electron chi connectivity index (χ4n) is 6.04. The van der Waals surface area contributed by atoms with Gasteiger partial charge in [-0.1, -0.05) is 25.5 Å². The van der Waals surface area contributed by atoms with Crippen molar-refractivity contribution < 1.29 is 45.4 Å². The van der Waals surface area contributed by atoms with E-state index in [1.165, 1.54) is 39.0 Å². The number of hydrogen-bond acceptors (Lipinski definition) is 4. The van der Waals surface area contributed by atoms with Crippen molar-refractivity contribution in [1.29, 1.82) is 0 Å². The number of aryl methyl sites for hydroxylation is 1. The minimum absolute atomic E-state index is 0.0282. The summed E-state index contributed by atoms with van der Waals surface area (Å²) < 4.78 is 93.8. The molecule has 0 spiro atoms. The molecule has 44 heavy (non-hydrogen) atoms. The number of carbonyl (C=O) groups excluding carboxylic acids is 2. The zero-order valence-electron chi connectivity index (χ0n) is 25.7. The van der Waals surface area contributed by atoms with Crippen LogP contribution in [0.25, 0.3) is 5.57 Å². The Labute approximate surface area is 252 Å². The van der Waals surface area contributed by atoms with E-state index >= 15 is 0 Å². The first kappa shape index (κ1) is 33.2. The Morgan fingerprint density at radius 1 is 1.09 bits per heavy atom. The quantitative estimate of drug-likeness (QED) is 0.302. The summed E-state index contributed by atoms with van der Waals surface area (Å²) >= 11 is 0. The zero-order chi connectivity index (χ0) is 32.9. The van der Waals surface area contributed by atoms with E-state index in [-0.39, 0.29) is 29.0 Å². The van der Waals surface area contributed by atoms with Crippen LogP contribution in [-0.2, 0) is 21.9 Å². The van der Waals surface area contributed by atoms with Gasteiger partial charge in [0.15, 0.2) is 0 Å². The van der Waals surface area contributed by atoms with Crippen molar-refractivity contribution in [2.75, 3.05) is 25.6 Å². The molecule has 0 unspecified atom stereocenters. The van der Waals surface area contributed by atoms with Gasteiger partial charge in [-0.2, -0.15) is 26.3 Å². The average Bonchev–Trinajstić information content (AvgIpc) is 3.18. The Morgan fingerprint density at radius 2 is 1.75 bits per heavy atom. The molecule has 2 amide bonds. The van der Waals surface area contributed by atoms with E-state index in [0.29, 0.717) is 36.0 Å². The summed E-state index contributed by atoms with van der Waals surface area (Å²) in [6.45, 7) is 8.54. The summed E-state index contributed by atoms with van der Waals surface area (Å²) in [6.07, 6.45) is -9.35. The molecule has 1 heterocycles. The highest BCUT2D eigenvalue weighted by molar-refractivity contribution is 5.93. The number of alkyl halides is 6. The van der Waals surface area contributed by atoms with Crippen LogP contribution in [0, 0.1) is 12.3 Å². The molecule has 12 heteroatoms. The molecule has 2 aromatic rings. The molecule has 1 saturated heterocycles. The third-order valence-corrected chi connectivity index (χ3v) is 8.46. The van der Waals surface area contributed by atoms with Gasteiger partial charge in [0.2, 0.25) is 5.91 Å². The largest absolute Gasteiger partial charge is 0.496 e. The third-order valence-electron chi connectivity index (χ3n) is 8.46. The van der Waals surface area contributed by atoms with Gasteiger partial charge in [-0.15, -0.1) is 0 Å². The van der Waals surface area contributed by atoms with E-state index in [2.05, 4.69) is 0 Å². The predicted molar refractivity (Wildman–Crippen MR) is 153 cm³/mol. The number of halogens is 6. The number of amides is 2. The number of cyclic esters (lactones) is 1. The summed E-state index contributed by atoms with van der Waals surface area (Å²) in [7, 11) is 2.53. The summed E-state index contributed by atoms with van der Waals surface area (Å²) in [5, 5.41) is 0. The van der Waals surface area contributed by atoms with E-state index in [1.807, 2.05) is 13.8 Å². The first-order valence-electron chi connectivity index (χ1n) is 14.1. The van der Waals surface area contributed by atoms with Crippen LogP contribution in [0.2, 0.25) is 0 Å². The van der Waals surface area contributed by atoms with Gasteiger partial charge < -0.3 is 14.4 Å². The molecule has 1 fully saturated rings. The Balaban J connectivity index is 1.80. The Kier molecular flexibility index (Phi) is 8.80. The van der Waals surface area contributed by atoms with Gasteiger partial charge in [0.1, 0.15) is 11.9 Å². The van der Waals surface area contributed by atoms with Gasteiger partial charge in [-0.05, 0) is 79.5 Å². The van der Waals surface area contributed by atoms with Crippen LogP contribution in [0.3, 0.4) is 0 Å². The van der Waals surface area contributed by atoms with Crippen LogP contribution >= 0.6 is 0 Å². The molecule has 0 radical (unpaired) electrons. The highest BCUT2D eigenvalue weighted by Crippen LogP contribution is 2.49. The lowest BCUT2D eigenvalue weighted by Crippen LogP contribution is -2.35. The summed E-state index contributed by atoms with van der Waals surface area (Å²) in [5.74, 6) is -0.616. The smallest absolute Gasteiger partial charge is 0.418 e. The lowest BCUT2D eigenvalue weighted by molar-refractivity contribution is -0.138.